The van der Waals surface area contributed by atoms with Crippen LogP contribution in [0.5, 0.6) is 11.5 Å². The number of nitrogens with zero attached hydrogens (tertiary/aromatic N) is 4. The van der Waals surface area contributed by atoms with Gasteiger partial charge >= 0.3 is 0 Å². The Kier molecular flexibility index (Phi) is 4.59. The maximum Gasteiger partial charge on any atom is 0.243 e. The molecule has 0 aliphatic heterocycles. The van der Waals surface area contributed by atoms with Crippen LogP contribution in [-0.2, 0) is 0 Å². The molecule has 8 heteroatoms. The average molecular weight is 376 g/mol. The second-order valence-electron chi connectivity index (χ2n) is 5.86. The zero-order valence-corrected chi connectivity index (χ0v) is 15.2. The Hall–Kier alpha value is -3.94. The first-order valence-corrected chi connectivity index (χ1v) is 8.38. The summed E-state index contributed by atoms with van der Waals surface area (Å²) in [4.78, 5) is 8.92. The van der Waals surface area contributed by atoms with Crippen LogP contribution in [0.2, 0.25) is 0 Å². The van der Waals surface area contributed by atoms with Crippen LogP contribution in [0.1, 0.15) is 11.3 Å². The monoisotopic (exact) mass is 376 g/mol. The normalized spacial score (nSPS) is 11.6. The summed E-state index contributed by atoms with van der Waals surface area (Å²) in [6.07, 6.45) is 1.53. The third-order valence-corrected chi connectivity index (χ3v) is 4.16. The molecule has 0 spiro atoms. The van der Waals surface area contributed by atoms with Gasteiger partial charge in [-0.05, 0) is 58.8 Å². The van der Waals surface area contributed by atoms with Crippen molar-refractivity contribution in [2.75, 3.05) is 14.2 Å². The SMILES string of the molecule is COc1ccc(/C(O)=C/c2nc3nonc3nc2-c2ccc(OC)cc2)cc1. The molecule has 0 amide bonds. The van der Waals surface area contributed by atoms with Crippen LogP contribution in [0.4, 0.5) is 0 Å². The number of aliphatic hydroxyl groups excluding tert-OH is 1. The molecule has 0 saturated heterocycles. The molecule has 8 nitrogen and oxygen atoms in total. The van der Waals surface area contributed by atoms with Crippen molar-refractivity contribution in [2.24, 2.45) is 0 Å². The number of aliphatic hydroxyl groups is 1. The lowest BCUT2D eigenvalue weighted by Crippen LogP contribution is -1.96. The molecule has 0 fully saturated rings. The number of hydrogen-bond acceptors (Lipinski definition) is 8. The standard InChI is InChI=1S/C20H16N4O4/c1-26-14-7-3-12(4-8-14)17(25)11-16-18(13-5-9-15(27-2)10-6-13)22-20-19(21-16)23-28-24-20/h3-11,25H,1-2H3/b17-11-. The minimum atomic E-state index is 0.0301. The molecule has 1 N–H and O–H groups in total. The number of benzene rings is 2. The molecule has 0 unspecified atom stereocenters. The van der Waals surface area contributed by atoms with Crippen molar-refractivity contribution >= 4 is 23.1 Å². The van der Waals surface area contributed by atoms with E-state index >= 15 is 0 Å². The Balaban J connectivity index is 1.81. The molecule has 0 saturated carbocycles. The maximum atomic E-state index is 10.6. The Morgan fingerprint density at radius 3 is 2.04 bits per heavy atom. The molecule has 2 aromatic heterocycles. The molecule has 0 aliphatic carbocycles. The molecule has 140 valence electrons. The van der Waals surface area contributed by atoms with Crippen molar-refractivity contribution in [3.8, 4) is 22.8 Å². The van der Waals surface area contributed by atoms with E-state index in [0.29, 0.717) is 22.7 Å². The molecule has 4 rings (SSSR count). The lowest BCUT2D eigenvalue weighted by atomic mass is 10.1. The lowest BCUT2D eigenvalue weighted by molar-refractivity contribution is 0.314. The minimum Gasteiger partial charge on any atom is -0.507 e. The highest BCUT2D eigenvalue weighted by Gasteiger charge is 2.14. The lowest BCUT2D eigenvalue weighted by Gasteiger charge is -2.07. The van der Waals surface area contributed by atoms with Gasteiger partial charge in [-0.15, -0.1) is 0 Å². The largest absolute Gasteiger partial charge is 0.507 e. The van der Waals surface area contributed by atoms with Crippen LogP contribution >= 0.6 is 0 Å². The summed E-state index contributed by atoms with van der Waals surface area (Å²) in [6.45, 7) is 0. The summed E-state index contributed by atoms with van der Waals surface area (Å²) in [5, 5.41) is 18.1. The maximum absolute atomic E-state index is 10.6. The zero-order valence-electron chi connectivity index (χ0n) is 15.2. The highest BCUT2D eigenvalue weighted by molar-refractivity contribution is 5.84. The van der Waals surface area contributed by atoms with Gasteiger partial charge in [0.05, 0.1) is 25.6 Å². The van der Waals surface area contributed by atoms with Crippen molar-refractivity contribution in [3.05, 3.63) is 59.8 Å². The number of ether oxygens (including phenoxy) is 2. The topological polar surface area (TPSA) is 103 Å². The van der Waals surface area contributed by atoms with Crippen LogP contribution in [0.25, 0.3) is 34.4 Å². The molecule has 4 aromatic rings. The van der Waals surface area contributed by atoms with Crippen LogP contribution in [0.3, 0.4) is 0 Å². The van der Waals surface area contributed by atoms with Gasteiger partial charge < -0.3 is 14.6 Å². The van der Waals surface area contributed by atoms with Gasteiger partial charge in [-0.3, -0.25) is 0 Å². The minimum absolute atomic E-state index is 0.0301. The highest BCUT2D eigenvalue weighted by Crippen LogP contribution is 2.27. The van der Waals surface area contributed by atoms with Crippen molar-refractivity contribution in [1.29, 1.82) is 0 Å². The second kappa shape index (κ2) is 7.36. The van der Waals surface area contributed by atoms with Crippen LogP contribution in [-0.4, -0.2) is 39.6 Å². The van der Waals surface area contributed by atoms with Crippen molar-refractivity contribution in [2.45, 2.75) is 0 Å². The Labute approximate surface area is 160 Å². The van der Waals surface area contributed by atoms with Gasteiger partial charge in [0.25, 0.3) is 0 Å². The number of aromatic nitrogens is 4. The van der Waals surface area contributed by atoms with E-state index in [2.05, 4.69) is 20.3 Å². The molecule has 0 aliphatic rings. The summed E-state index contributed by atoms with van der Waals surface area (Å²) in [5.41, 5.74) is 2.90. The van der Waals surface area contributed by atoms with E-state index in [1.54, 1.807) is 38.5 Å². The van der Waals surface area contributed by atoms with Gasteiger partial charge in [0.2, 0.25) is 11.3 Å². The molecular formula is C20H16N4O4. The van der Waals surface area contributed by atoms with E-state index in [9.17, 15) is 5.11 Å². The van der Waals surface area contributed by atoms with E-state index in [1.807, 2.05) is 24.3 Å². The van der Waals surface area contributed by atoms with Gasteiger partial charge in [0.1, 0.15) is 17.3 Å². The quantitative estimate of drug-likeness (QED) is 0.525. The Morgan fingerprint density at radius 2 is 1.43 bits per heavy atom. The predicted octanol–water partition coefficient (Wildman–Crippen LogP) is 3.75. The fraction of sp³-hybridized carbons (Fsp3) is 0.100. The molecule has 2 heterocycles. The first kappa shape index (κ1) is 17.5. The summed E-state index contributed by atoms with van der Waals surface area (Å²) in [7, 11) is 3.19. The highest BCUT2D eigenvalue weighted by atomic mass is 16.6. The van der Waals surface area contributed by atoms with Gasteiger partial charge in [-0.25, -0.2) is 14.6 Å². The van der Waals surface area contributed by atoms with Crippen molar-refractivity contribution < 1.29 is 19.2 Å². The van der Waals surface area contributed by atoms with E-state index in [-0.39, 0.29) is 17.1 Å². The summed E-state index contributed by atoms with van der Waals surface area (Å²) < 4.78 is 15.1. The molecule has 0 bridgehead atoms. The average Bonchev–Trinajstić information content (AvgIpc) is 3.20. The summed E-state index contributed by atoms with van der Waals surface area (Å²) >= 11 is 0. The number of fused-ring (bicyclic) bond motifs is 1. The number of rotatable bonds is 5. The second-order valence-corrected chi connectivity index (χ2v) is 5.86. The fourth-order valence-electron chi connectivity index (χ4n) is 2.69. The first-order chi connectivity index (χ1) is 13.7. The van der Waals surface area contributed by atoms with E-state index in [4.69, 9.17) is 14.1 Å². The van der Waals surface area contributed by atoms with Crippen LogP contribution < -0.4 is 9.47 Å². The van der Waals surface area contributed by atoms with Crippen LogP contribution in [0.15, 0.2) is 53.2 Å². The molecule has 2 aromatic carbocycles. The van der Waals surface area contributed by atoms with Crippen molar-refractivity contribution in [3.63, 3.8) is 0 Å². The zero-order chi connectivity index (χ0) is 19.5. The molecule has 28 heavy (non-hydrogen) atoms. The van der Waals surface area contributed by atoms with Gasteiger partial charge in [0.15, 0.2) is 0 Å². The van der Waals surface area contributed by atoms with Gasteiger partial charge in [-0.2, -0.15) is 0 Å². The molecule has 0 atom stereocenters. The molecular weight excluding hydrogens is 360 g/mol. The van der Waals surface area contributed by atoms with Gasteiger partial charge in [-0.1, -0.05) is 0 Å². The molecule has 0 radical (unpaired) electrons. The van der Waals surface area contributed by atoms with E-state index in [0.717, 1.165) is 11.3 Å². The Morgan fingerprint density at radius 1 is 0.857 bits per heavy atom. The number of hydrogen-bond donors (Lipinski definition) is 1. The van der Waals surface area contributed by atoms with Gasteiger partial charge in [0, 0.05) is 17.2 Å². The smallest absolute Gasteiger partial charge is 0.243 e. The summed E-state index contributed by atoms with van der Waals surface area (Å²) in [5.74, 6) is 1.45. The van der Waals surface area contributed by atoms with Crippen molar-refractivity contribution in [1.82, 2.24) is 20.3 Å². The van der Waals surface area contributed by atoms with E-state index in [1.165, 1.54) is 6.08 Å². The summed E-state index contributed by atoms with van der Waals surface area (Å²) in [6, 6.07) is 14.4. The Bertz CT molecular complexity index is 1140. The first-order valence-electron chi connectivity index (χ1n) is 8.38. The number of methoxy groups -OCH3 is 2. The third-order valence-electron chi connectivity index (χ3n) is 4.16. The predicted molar refractivity (Wildman–Crippen MR) is 103 cm³/mol. The van der Waals surface area contributed by atoms with Crippen LogP contribution in [0, 0.1) is 0 Å². The van der Waals surface area contributed by atoms with E-state index < -0.39 is 0 Å². The fourth-order valence-corrected chi connectivity index (χ4v) is 2.69. The third kappa shape index (κ3) is 3.35.